The molecule has 0 heterocycles. The van der Waals surface area contributed by atoms with Gasteiger partial charge in [-0.2, -0.15) is 0 Å². The molecule has 2 unspecified atom stereocenters. The van der Waals surface area contributed by atoms with E-state index in [1.165, 1.54) is 7.11 Å². The molecule has 2 atom stereocenters. The molecule has 0 aliphatic heterocycles. The van der Waals surface area contributed by atoms with E-state index in [4.69, 9.17) is 13.9 Å². The molecule has 2 amide bonds. The average molecular weight is 573 g/mol. The standard InChI is InChI=1S/C30H44N2O7Si/c1-28(2,3)39-27(36)32-30(7,8)24(26(35)37-9)31-25(34)22-18-16-21(17-19-22)14-12-13-15-23(33)20-38-40(10,11)29(4,5)6/h16-19,23-24,33H,20H2,1-11H3,(H,31,34)(H,32,36). The van der Waals surface area contributed by atoms with Crippen LogP contribution in [0.4, 0.5) is 4.79 Å². The quantitative estimate of drug-likeness (QED) is 0.244. The molecule has 3 N–H and O–H groups in total. The lowest BCUT2D eigenvalue weighted by Crippen LogP contribution is -2.62. The van der Waals surface area contributed by atoms with Crippen molar-refractivity contribution >= 4 is 26.3 Å². The second kappa shape index (κ2) is 13.8. The lowest BCUT2D eigenvalue weighted by atomic mass is 9.94. The number of esters is 1. The number of rotatable bonds is 8. The zero-order valence-corrected chi connectivity index (χ0v) is 26.6. The second-order valence-corrected chi connectivity index (χ2v) is 17.3. The molecule has 0 spiro atoms. The van der Waals surface area contributed by atoms with Crippen molar-refractivity contribution in [3.63, 3.8) is 0 Å². The topological polar surface area (TPSA) is 123 Å². The number of hydrogen-bond donors (Lipinski definition) is 3. The molecular formula is C30H44N2O7Si. The van der Waals surface area contributed by atoms with Crippen LogP contribution in [0, 0.1) is 23.7 Å². The van der Waals surface area contributed by atoms with Crippen LogP contribution in [0.25, 0.3) is 0 Å². The normalized spacial score (nSPS) is 13.4. The molecule has 0 aromatic heterocycles. The summed E-state index contributed by atoms with van der Waals surface area (Å²) in [5.41, 5.74) is -1.08. The molecule has 9 nitrogen and oxygen atoms in total. The Morgan fingerprint density at radius 2 is 1.55 bits per heavy atom. The first kappa shape index (κ1) is 34.7. The molecule has 0 fully saturated rings. The zero-order valence-electron chi connectivity index (χ0n) is 25.6. The van der Waals surface area contributed by atoms with Gasteiger partial charge in [-0.25, -0.2) is 9.59 Å². The Morgan fingerprint density at radius 1 is 0.975 bits per heavy atom. The van der Waals surface area contributed by atoms with Crippen LogP contribution in [0.2, 0.25) is 18.1 Å². The Balaban J connectivity index is 2.88. The van der Waals surface area contributed by atoms with Crippen molar-refractivity contribution in [3.05, 3.63) is 35.4 Å². The van der Waals surface area contributed by atoms with E-state index in [9.17, 15) is 19.5 Å². The highest BCUT2D eigenvalue weighted by Gasteiger charge is 2.40. The summed E-state index contributed by atoms with van der Waals surface area (Å²) in [5, 5.41) is 15.4. The SMILES string of the molecule is COC(=O)C(NC(=O)c1ccc(C#CC#CC(O)CO[Si](C)(C)C(C)(C)C)cc1)C(C)(C)NC(=O)OC(C)(C)C. The summed E-state index contributed by atoms with van der Waals surface area (Å²) in [6.07, 6.45) is -1.67. The smallest absolute Gasteiger partial charge is 0.408 e. The minimum atomic E-state index is -1.97. The van der Waals surface area contributed by atoms with Gasteiger partial charge < -0.3 is 29.6 Å². The fourth-order valence-electron chi connectivity index (χ4n) is 2.98. The highest BCUT2D eigenvalue weighted by molar-refractivity contribution is 6.74. The van der Waals surface area contributed by atoms with E-state index in [0.29, 0.717) is 5.56 Å². The van der Waals surface area contributed by atoms with Gasteiger partial charge >= 0.3 is 12.1 Å². The van der Waals surface area contributed by atoms with Crippen molar-refractivity contribution in [2.24, 2.45) is 0 Å². The maximum atomic E-state index is 12.9. The maximum Gasteiger partial charge on any atom is 0.408 e. The van der Waals surface area contributed by atoms with Crippen LogP contribution in [0.3, 0.4) is 0 Å². The van der Waals surface area contributed by atoms with Crippen molar-refractivity contribution in [2.45, 2.75) is 96.8 Å². The molecule has 1 aromatic rings. The molecule has 0 radical (unpaired) electrons. The molecule has 0 aliphatic carbocycles. The molecule has 1 rings (SSSR count). The Hall–Kier alpha value is -3.31. The van der Waals surface area contributed by atoms with E-state index in [0.717, 1.165) is 0 Å². The van der Waals surface area contributed by atoms with Crippen molar-refractivity contribution in [3.8, 4) is 23.7 Å². The van der Waals surface area contributed by atoms with Crippen molar-refractivity contribution in [2.75, 3.05) is 13.7 Å². The highest BCUT2D eigenvalue weighted by atomic mass is 28.4. The molecule has 0 bridgehead atoms. The molecule has 40 heavy (non-hydrogen) atoms. The number of hydrogen-bond acceptors (Lipinski definition) is 7. The summed E-state index contributed by atoms with van der Waals surface area (Å²) in [5.74, 6) is 9.58. The Morgan fingerprint density at radius 3 is 2.05 bits per heavy atom. The summed E-state index contributed by atoms with van der Waals surface area (Å²) in [6.45, 7) is 19.0. The minimum absolute atomic E-state index is 0.0381. The van der Waals surface area contributed by atoms with Crippen molar-refractivity contribution in [1.29, 1.82) is 0 Å². The number of carbonyl (C=O) groups is 3. The molecule has 0 saturated heterocycles. The molecule has 1 aromatic carbocycles. The summed E-state index contributed by atoms with van der Waals surface area (Å²) in [7, 11) is -0.778. The number of alkyl carbamates (subject to hydrolysis) is 1. The van der Waals surface area contributed by atoms with Gasteiger partial charge in [0.15, 0.2) is 8.32 Å². The van der Waals surface area contributed by atoms with Crippen LogP contribution in [0.5, 0.6) is 0 Å². The monoisotopic (exact) mass is 572 g/mol. The highest BCUT2D eigenvalue weighted by Crippen LogP contribution is 2.36. The van der Waals surface area contributed by atoms with Gasteiger partial charge in [-0.05, 0) is 88.9 Å². The van der Waals surface area contributed by atoms with Gasteiger partial charge in [0.2, 0.25) is 0 Å². The third-order valence-corrected chi connectivity index (χ3v) is 10.8. The van der Waals surface area contributed by atoms with Gasteiger partial charge in [0.1, 0.15) is 17.7 Å². The first-order valence-corrected chi connectivity index (χ1v) is 15.9. The van der Waals surface area contributed by atoms with Gasteiger partial charge in [-0.3, -0.25) is 4.79 Å². The van der Waals surface area contributed by atoms with Gasteiger partial charge in [-0.1, -0.05) is 32.6 Å². The zero-order chi connectivity index (χ0) is 30.9. The van der Waals surface area contributed by atoms with Crippen molar-refractivity contribution in [1.82, 2.24) is 10.6 Å². The van der Waals surface area contributed by atoms with Gasteiger partial charge in [0.05, 0.1) is 19.3 Å². The second-order valence-electron chi connectivity index (χ2n) is 12.5. The summed E-state index contributed by atoms with van der Waals surface area (Å²) >= 11 is 0. The van der Waals surface area contributed by atoms with Gasteiger partial charge in [-0.15, -0.1) is 0 Å². The van der Waals surface area contributed by atoms with E-state index in [-0.39, 0.29) is 17.2 Å². The molecule has 0 saturated carbocycles. The largest absolute Gasteiger partial charge is 0.467 e. The average Bonchev–Trinajstić information content (AvgIpc) is 2.81. The van der Waals surface area contributed by atoms with Crippen LogP contribution in [0.1, 0.15) is 71.3 Å². The summed E-state index contributed by atoms with van der Waals surface area (Å²) in [6, 6.07) is 5.18. The lowest BCUT2D eigenvalue weighted by molar-refractivity contribution is -0.144. The van der Waals surface area contributed by atoms with E-state index in [1.54, 1.807) is 58.9 Å². The van der Waals surface area contributed by atoms with E-state index < -0.39 is 49.6 Å². The lowest BCUT2D eigenvalue weighted by Gasteiger charge is -2.36. The van der Waals surface area contributed by atoms with E-state index in [2.05, 4.69) is 68.2 Å². The molecule has 220 valence electrons. The van der Waals surface area contributed by atoms with Gasteiger partial charge in [0.25, 0.3) is 5.91 Å². The predicted octanol–water partition coefficient (Wildman–Crippen LogP) is 4.00. The Kier molecular flexibility index (Phi) is 12.0. The fourth-order valence-corrected chi connectivity index (χ4v) is 3.99. The third-order valence-electron chi connectivity index (χ3n) is 6.32. The first-order chi connectivity index (χ1) is 18.2. The number of benzene rings is 1. The van der Waals surface area contributed by atoms with E-state index in [1.807, 2.05) is 0 Å². The number of aliphatic hydroxyl groups excluding tert-OH is 1. The number of amides is 2. The predicted molar refractivity (Wildman–Crippen MR) is 157 cm³/mol. The summed E-state index contributed by atoms with van der Waals surface area (Å²) < 4.78 is 16.1. The third kappa shape index (κ3) is 11.4. The molecular weight excluding hydrogens is 528 g/mol. The number of ether oxygens (including phenoxy) is 2. The molecule has 10 heteroatoms. The van der Waals surface area contributed by atoms with E-state index >= 15 is 0 Å². The Labute approximate surface area is 239 Å². The minimum Gasteiger partial charge on any atom is -0.467 e. The van der Waals surface area contributed by atoms with Crippen LogP contribution in [-0.4, -0.2) is 68.4 Å². The van der Waals surface area contributed by atoms with Crippen LogP contribution >= 0.6 is 0 Å². The molecule has 0 aliphatic rings. The van der Waals surface area contributed by atoms with Crippen molar-refractivity contribution < 1.29 is 33.4 Å². The number of carbonyl (C=O) groups excluding carboxylic acids is 3. The summed E-state index contributed by atoms with van der Waals surface area (Å²) in [4.78, 5) is 37.7. The number of methoxy groups -OCH3 is 1. The van der Waals surface area contributed by atoms with Gasteiger partial charge in [0, 0.05) is 11.1 Å². The fraction of sp³-hybridized carbons (Fsp3) is 0.567. The van der Waals surface area contributed by atoms with Crippen LogP contribution in [-0.2, 0) is 18.7 Å². The maximum absolute atomic E-state index is 12.9. The Bertz CT molecular complexity index is 1170. The number of nitrogens with one attached hydrogen (secondary N) is 2. The first-order valence-electron chi connectivity index (χ1n) is 13.0. The van der Waals surface area contributed by atoms with Crippen LogP contribution < -0.4 is 10.6 Å². The van der Waals surface area contributed by atoms with Crippen LogP contribution in [0.15, 0.2) is 24.3 Å². The number of aliphatic hydroxyl groups is 1.